The molecule has 1 aliphatic heterocycles. The Morgan fingerprint density at radius 2 is 1.50 bits per heavy atom. The highest BCUT2D eigenvalue weighted by atomic mass is 16.7. The molecule has 0 saturated carbocycles. The van der Waals surface area contributed by atoms with Crippen molar-refractivity contribution in [2.75, 3.05) is 20.3 Å². The largest absolute Gasteiger partial charge is 0.497 e. The lowest BCUT2D eigenvalue weighted by atomic mass is 9.78. The number of methoxy groups -OCH3 is 1. The summed E-state index contributed by atoms with van der Waals surface area (Å²) in [5.41, 5.74) is 2.37. The average molecular weight is 356 g/mol. The van der Waals surface area contributed by atoms with Gasteiger partial charge in [-0.2, -0.15) is 0 Å². The van der Waals surface area contributed by atoms with Gasteiger partial charge in [0.1, 0.15) is 24.2 Å². The lowest BCUT2D eigenvalue weighted by Crippen LogP contribution is -2.25. The summed E-state index contributed by atoms with van der Waals surface area (Å²) in [6, 6.07) is 16.5. The maximum Gasteiger partial charge on any atom is 0.163 e. The normalized spacial score (nSPS) is 19.3. The monoisotopic (exact) mass is 356 g/mol. The van der Waals surface area contributed by atoms with E-state index in [0.717, 1.165) is 11.5 Å². The molecule has 1 fully saturated rings. The summed E-state index contributed by atoms with van der Waals surface area (Å²) >= 11 is 0. The van der Waals surface area contributed by atoms with Crippen molar-refractivity contribution in [3.63, 3.8) is 0 Å². The van der Waals surface area contributed by atoms with Crippen LogP contribution in [0.25, 0.3) is 0 Å². The lowest BCUT2D eigenvalue weighted by Gasteiger charge is -2.26. The standard InChI is InChI=1S/C22H28O4/c1-21(2,16-6-10-18(23-5)11-7-16)17-8-12-19(13-9-17)24-14-20-15-25-22(3,4)26-20/h6-13,20H,14-15H2,1-5H3/t20-/m0/s1. The summed E-state index contributed by atoms with van der Waals surface area (Å²) in [4.78, 5) is 0. The van der Waals surface area contributed by atoms with Gasteiger partial charge in [-0.15, -0.1) is 0 Å². The SMILES string of the molecule is COc1ccc(C(C)(C)c2ccc(OC[C@H]3COC(C)(C)O3)cc2)cc1. The van der Waals surface area contributed by atoms with E-state index in [0.29, 0.717) is 13.2 Å². The van der Waals surface area contributed by atoms with Crippen LogP contribution in [0.2, 0.25) is 0 Å². The van der Waals surface area contributed by atoms with E-state index in [1.807, 2.05) is 38.1 Å². The Hall–Kier alpha value is -2.04. The summed E-state index contributed by atoms with van der Waals surface area (Å²) in [6.45, 7) is 9.33. The molecule has 0 N–H and O–H groups in total. The van der Waals surface area contributed by atoms with E-state index in [1.165, 1.54) is 11.1 Å². The Labute approximate surface area is 156 Å². The number of rotatable bonds is 6. The van der Waals surface area contributed by atoms with Gasteiger partial charge in [-0.25, -0.2) is 0 Å². The molecule has 4 nitrogen and oxygen atoms in total. The summed E-state index contributed by atoms with van der Waals surface area (Å²) in [5, 5.41) is 0. The molecular formula is C22H28O4. The summed E-state index contributed by atoms with van der Waals surface area (Å²) in [7, 11) is 1.68. The predicted molar refractivity (Wildman–Crippen MR) is 102 cm³/mol. The Morgan fingerprint density at radius 3 is 1.96 bits per heavy atom. The van der Waals surface area contributed by atoms with Crippen LogP contribution in [0.15, 0.2) is 48.5 Å². The van der Waals surface area contributed by atoms with Gasteiger partial charge in [-0.1, -0.05) is 38.1 Å². The van der Waals surface area contributed by atoms with Gasteiger partial charge in [0.2, 0.25) is 0 Å². The molecule has 140 valence electrons. The van der Waals surface area contributed by atoms with Gasteiger partial charge in [0.15, 0.2) is 5.79 Å². The van der Waals surface area contributed by atoms with E-state index in [9.17, 15) is 0 Å². The molecule has 1 atom stereocenters. The Morgan fingerprint density at radius 1 is 0.962 bits per heavy atom. The molecule has 0 aliphatic carbocycles. The van der Waals surface area contributed by atoms with E-state index in [2.05, 4.69) is 38.1 Å². The van der Waals surface area contributed by atoms with Gasteiger partial charge in [0.05, 0.1) is 13.7 Å². The molecule has 4 heteroatoms. The number of hydrogen-bond donors (Lipinski definition) is 0. The summed E-state index contributed by atoms with van der Waals surface area (Å²) < 4.78 is 22.4. The van der Waals surface area contributed by atoms with Crippen LogP contribution in [0.4, 0.5) is 0 Å². The topological polar surface area (TPSA) is 36.9 Å². The summed E-state index contributed by atoms with van der Waals surface area (Å²) in [5.74, 6) is 1.20. The van der Waals surface area contributed by atoms with Gasteiger partial charge >= 0.3 is 0 Å². The minimum atomic E-state index is -0.514. The minimum absolute atomic E-state index is 0.0274. The molecule has 1 saturated heterocycles. The van der Waals surface area contributed by atoms with E-state index in [4.69, 9.17) is 18.9 Å². The van der Waals surface area contributed by atoms with Crippen molar-refractivity contribution in [1.82, 2.24) is 0 Å². The van der Waals surface area contributed by atoms with Crippen LogP contribution < -0.4 is 9.47 Å². The first-order valence-electron chi connectivity index (χ1n) is 9.00. The molecule has 1 heterocycles. The van der Waals surface area contributed by atoms with Gasteiger partial charge < -0.3 is 18.9 Å². The lowest BCUT2D eigenvalue weighted by molar-refractivity contribution is -0.141. The number of hydrogen-bond acceptors (Lipinski definition) is 4. The van der Waals surface area contributed by atoms with E-state index in [1.54, 1.807) is 7.11 Å². The molecule has 0 unspecified atom stereocenters. The average Bonchev–Trinajstić information content (AvgIpc) is 2.99. The second-order valence-electron chi connectivity index (χ2n) is 7.64. The molecule has 1 aliphatic rings. The fraction of sp³-hybridized carbons (Fsp3) is 0.455. The van der Waals surface area contributed by atoms with Crippen molar-refractivity contribution in [1.29, 1.82) is 0 Å². The highest BCUT2D eigenvalue weighted by Crippen LogP contribution is 2.33. The van der Waals surface area contributed by atoms with Crippen LogP contribution in [-0.4, -0.2) is 32.2 Å². The van der Waals surface area contributed by atoms with Crippen molar-refractivity contribution in [3.05, 3.63) is 59.7 Å². The first-order valence-corrected chi connectivity index (χ1v) is 9.00. The Balaban J connectivity index is 1.64. The molecular weight excluding hydrogens is 328 g/mol. The van der Waals surface area contributed by atoms with Crippen LogP contribution in [0.5, 0.6) is 11.5 Å². The molecule has 0 radical (unpaired) electrons. The number of ether oxygens (including phenoxy) is 4. The maximum atomic E-state index is 5.87. The quantitative estimate of drug-likeness (QED) is 0.761. The van der Waals surface area contributed by atoms with Gasteiger partial charge in [-0.05, 0) is 49.2 Å². The van der Waals surface area contributed by atoms with Gasteiger partial charge in [-0.3, -0.25) is 0 Å². The zero-order valence-electron chi connectivity index (χ0n) is 16.2. The highest BCUT2D eigenvalue weighted by molar-refractivity contribution is 5.41. The van der Waals surface area contributed by atoms with Crippen molar-refractivity contribution in [2.45, 2.75) is 45.0 Å². The van der Waals surface area contributed by atoms with Crippen molar-refractivity contribution in [3.8, 4) is 11.5 Å². The predicted octanol–water partition coefficient (Wildman–Crippen LogP) is 4.55. The third kappa shape index (κ3) is 4.19. The fourth-order valence-electron chi connectivity index (χ4n) is 3.18. The second kappa shape index (κ2) is 7.29. The van der Waals surface area contributed by atoms with Crippen LogP contribution >= 0.6 is 0 Å². The van der Waals surface area contributed by atoms with Crippen LogP contribution in [0.1, 0.15) is 38.8 Å². The molecule has 0 amide bonds. The van der Waals surface area contributed by atoms with E-state index >= 15 is 0 Å². The summed E-state index contributed by atoms with van der Waals surface area (Å²) in [6.07, 6.45) is -0.0274. The van der Waals surface area contributed by atoms with Crippen molar-refractivity contribution < 1.29 is 18.9 Å². The first kappa shape index (κ1) is 18.7. The van der Waals surface area contributed by atoms with Crippen molar-refractivity contribution >= 4 is 0 Å². The smallest absolute Gasteiger partial charge is 0.163 e. The molecule has 0 bridgehead atoms. The highest BCUT2D eigenvalue weighted by Gasteiger charge is 2.33. The second-order valence-corrected chi connectivity index (χ2v) is 7.64. The van der Waals surface area contributed by atoms with Gasteiger partial charge in [0.25, 0.3) is 0 Å². The molecule has 2 aromatic rings. The fourth-order valence-corrected chi connectivity index (χ4v) is 3.18. The van der Waals surface area contributed by atoms with Gasteiger partial charge in [0, 0.05) is 5.41 Å². The third-order valence-corrected chi connectivity index (χ3v) is 4.89. The van der Waals surface area contributed by atoms with Crippen LogP contribution in [0, 0.1) is 0 Å². The Kier molecular flexibility index (Phi) is 5.26. The Bertz CT molecular complexity index is 717. The third-order valence-electron chi connectivity index (χ3n) is 4.89. The van der Waals surface area contributed by atoms with E-state index in [-0.39, 0.29) is 11.5 Å². The van der Waals surface area contributed by atoms with E-state index < -0.39 is 5.79 Å². The molecule has 0 aromatic heterocycles. The van der Waals surface area contributed by atoms with Crippen LogP contribution in [0.3, 0.4) is 0 Å². The first-order chi connectivity index (χ1) is 12.3. The zero-order chi connectivity index (χ0) is 18.8. The molecule has 26 heavy (non-hydrogen) atoms. The minimum Gasteiger partial charge on any atom is -0.497 e. The molecule has 2 aromatic carbocycles. The number of benzene rings is 2. The maximum absolute atomic E-state index is 5.87. The molecule has 3 rings (SSSR count). The van der Waals surface area contributed by atoms with Crippen LogP contribution in [-0.2, 0) is 14.9 Å². The zero-order valence-corrected chi connectivity index (χ0v) is 16.2. The molecule has 0 spiro atoms. The van der Waals surface area contributed by atoms with Crippen molar-refractivity contribution in [2.24, 2.45) is 0 Å².